The molecule has 0 aromatic rings. The van der Waals surface area contributed by atoms with Crippen molar-refractivity contribution in [2.45, 2.75) is 38.3 Å². The van der Waals surface area contributed by atoms with Crippen LogP contribution in [-0.4, -0.2) is 82.1 Å². The van der Waals surface area contributed by atoms with E-state index in [1.807, 2.05) is 42.6 Å². The monoisotopic (exact) mass is 359 g/mol. The maximum Gasteiger partial charge on any atom is 0.410 e. The number of cyclic esters (lactones) is 1. The number of thiocarbonyl (C=S) groups is 1. The van der Waals surface area contributed by atoms with E-state index >= 15 is 0 Å². The average molecular weight is 360 g/mol. The number of hydrogen-bond acceptors (Lipinski definition) is 5. The molecule has 2 heterocycles. The summed E-state index contributed by atoms with van der Waals surface area (Å²) in [6.07, 6.45) is 1.37. The van der Waals surface area contributed by atoms with Crippen LogP contribution in [0.3, 0.4) is 0 Å². The van der Waals surface area contributed by atoms with E-state index in [0.29, 0.717) is 25.4 Å². The highest BCUT2D eigenvalue weighted by molar-refractivity contribution is 8.23. The van der Waals surface area contributed by atoms with Crippen molar-refractivity contribution >= 4 is 40.3 Å². The van der Waals surface area contributed by atoms with E-state index in [9.17, 15) is 9.59 Å². The third-order valence-corrected chi connectivity index (χ3v) is 5.99. The SMILES string of the molecule is CN(C)C(=S)SCC(=O)N1CCC(N2C(=O)OCC2(C)C)CC1. The van der Waals surface area contributed by atoms with Crippen LogP contribution in [0.1, 0.15) is 26.7 Å². The summed E-state index contributed by atoms with van der Waals surface area (Å²) in [5, 5.41) is 0. The summed E-state index contributed by atoms with van der Waals surface area (Å²) in [5.74, 6) is 0.486. The van der Waals surface area contributed by atoms with Gasteiger partial charge in [-0.25, -0.2) is 4.79 Å². The Bertz CT molecular complexity index is 488. The highest BCUT2D eigenvalue weighted by Crippen LogP contribution is 2.30. The van der Waals surface area contributed by atoms with E-state index in [-0.39, 0.29) is 23.6 Å². The smallest absolute Gasteiger partial charge is 0.410 e. The van der Waals surface area contributed by atoms with Gasteiger partial charge in [0.05, 0.1) is 11.3 Å². The lowest BCUT2D eigenvalue weighted by Crippen LogP contribution is -2.53. The molecule has 130 valence electrons. The molecular weight excluding hydrogens is 334 g/mol. The number of piperidine rings is 1. The molecule has 0 radical (unpaired) electrons. The van der Waals surface area contributed by atoms with Gasteiger partial charge in [0.25, 0.3) is 0 Å². The Hall–Kier alpha value is -1.02. The molecule has 0 aromatic heterocycles. The summed E-state index contributed by atoms with van der Waals surface area (Å²) in [4.78, 5) is 29.8. The fourth-order valence-corrected chi connectivity index (χ4v) is 3.85. The zero-order valence-corrected chi connectivity index (χ0v) is 15.8. The number of carbonyl (C=O) groups is 2. The van der Waals surface area contributed by atoms with Crippen molar-refractivity contribution in [2.75, 3.05) is 39.5 Å². The van der Waals surface area contributed by atoms with Crippen LogP contribution in [0, 0.1) is 0 Å². The third kappa shape index (κ3) is 4.29. The lowest BCUT2D eigenvalue weighted by atomic mass is 9.97. The summed E-state index contributed by atoms with van der Waals surface area (Å²) >= 11 is 6.58. The van der Waals surface area contributed by atoms with E-state index in [2.05, 4.69) is 0 Å². The fraction of sp³-hybridized carbons (Fsp3) is 0.800. The van der Waals surface area contributed by atoms with Gasteiger partial charge in [0.2, 0.25) is 5.91 Å². The molecule has 8 heteroatoms. The standard InChI is InChI=1S/C15H25N3O3S2/c1-15(2)10-21-13(20)18(15)11-5-7-17(8-6-11)12(19)9-23-14(22)16(3)4/h11H,5-10H2,1-4H3. The molecule has 2 amide bonds. The molecule has 23 heavy (non-hydrogen) atoms. The number of ether oxygens (including phenoxy) is 1. The number of likely N-dealkylation sites (tertiary alicyclic amines) is 1. The molecule has 0 atom stereocenters. The van der Waals surface area contributed by atoms with Gasteiger partial charge in [0.15, 0.2) is 0 Å². The average Bonchev–Trinajstić information content (AvgIpc) is 2.77. The maximum absolute atomic E-state index is 12.3. The molecule has 0 aliphatic carbocycles. The largest absolute Gasteiger partial charge is 0.447 e. The van der Waals surface area contributed by atoms with Crippen LogP contribution in [0.4, 0.5) is 4.79 Å². The van der Waals surface area contributed by atoms with Gasteiger partial charge in [-0.1, -0.05) is 24.0 Å². The fourth-order valence-electron chi connectivity index (χ4n) is 2.99. The quantitative estimate of drug-likeness (QED) is 0.716. The van der Waals surface area contributed by atoms with E-state index in [1.165, 1.54) is 11.8 Å². The summed E-state index contributed by atoms with van der Waals surface area (Å²) in [6.45, 7) is 5.84. The van der Waals surface area contributed by atoms with Crippen LogP contribution in [0.2, 0.25) is 0 Å². The summed E-state index contributed by atoms with van der Waals surface area (Å²) in [6, 6.07) is 0.152. The Kier molecular flexibility index (Phi) is 5.78. The van der Waals surface area contributed by atoms with Crippen molar-refractivity contribution in [3.63, 3.8) is 0 Å². The van der Waals surface area contributed by atoms with Crippen molar-refractivity contribution in [1.29, 1.82) is 0 Å². The van der Waals surface area contributed by atoms with Gasteiger partial charge in [-0.05, 0) is 26.7 Å². The minimum absolute atomic E-state index is 0.112. The topological polar surface area (TPSA) is 53.1 Å². The molecule has 0 bridgehead atoms. The van der Waals surface area contributed by atoms with Gasteiger partial charge in [0.1, 0.15) is 10.9 Å². The van der Waals surface area contributed by atoms with Crippen molar-refractivity contribution in [3.05, 3.63) is 0 Å². The minimum Gasteiger partial charge on any atom is -0.447 e. The second-order valence-corrected chi connectivity index (χ2v) is 8.41. The lowest BCUT2D eigenvalue weighted by molar-refractivity contribution is -0.129. The Morgan fingerprint density at radius 2 is 2.00 bits per heavy atom. The van der Waals surface area contributed by atoms with Gasteiger partial charge >= 0.3 is 6.09 Å². The predicted molar refractivity (Wildman–Crippen MR) is 95.6 cm³/mol. The number of thioether (sulfide) groups is 1. The molecule has 0 unspecified atom stereocenters. The van der Waals surface area contributed by atoms with Gasteiger partial charge < -0.3 is 14.5 Å². The first-order chi connectivity index (χ1) is 10.7. The van der Waals surface area contributed by atoms with E-state index < -0.39 is 0 Å². The Balaban J connectivity index is 1.83. The number of hydrogen-bond donors (Lipinski definition) is 0. The highest BCUT2D eigenvalue weighted by Gasteiger charge is 2.44. The second kappa shape index (κ2) is 7.25. The van der Waals surface area contributed by atoms with Gasteiger partial charge in [-0.15, -0.1) is 0 Å². The second-order valence-electron chi connectivity index (χ2n) is 6.80. The highest BCUT2D eigenvalue weighted by atomic mass is 32.2. The summed E-state index contributed by atoms with van der Waals surface area (Å²) < 4.78 is 5.90. The number of carbonyl (C=O) groups excluding carboxylic acids is 2. The first-order valence-electron chi connectivity index (χ1n) is 7.80. The van der Waals surface area contributed by atoms with Crippen LogP contribution < -0.4 is 0 Å². The first kappa shape index (κ1) is 18.3. The van der Waals surface area contributed by atoms with Crippen molar-refractivity contribution in [2.24, 2.45) is 0 Å². The van der Waals surface area contributed by atoms with Gasteiger partial charge in [0, 0.05) is 33.2 Å². The van der Waals surface area contributed by atoms with Crippen molar-refractivity contribution < 1.29 is 14.3 Å². The summed E-state index contributed by atoms with van der Waals surface area (Å²) in [5.41, 5.74) is -0.262. The minimum atomic E-state index is -0.262. The lowest BCUT2D eigenvalue weighted by Gasteiger charge is -2.40. The van der Waals surface area contributed by atoms with E-state index in [4.69, 9.17) is 17.0 Å². The molecule has 2 fully saturated rings. The first-order valence-corrected chi connectivity index (χ1v) is 9.19. The van der Waals surface area contributed by atoms with Crippen LogP contribution in [0.15, 0.2) is 0 Å². The molecule has 6 nitrogen and oxygen atoms in total. The van der Waals surface area contributed by atoms with Gasteiger partial charge in [-0.2, -0.15) is 0 Å². The number of amides is 2. The molecule has 0 N–H and O–H groups in total. The molecule has 0 aromatic carbocycles. The zero-order valence-electron chi connectivity index (χ0n) is 14.2. The molecule has 0 spiro atoms. The Labute approximate surface area is 147 Å². The van der Waals surface area contributed by atoms with Crippen molar-refractivity contribution in [1.82, 2.24) is 14.7 Å². The molecular formula is C15H25N3O3S2. The number of nitrogens with zero attached hydrogens (tertiary/aromatic N) is 3. The van der Waals surface area contributed by atoms with Crippen LogP contribution in [-0.2, 0) is 9.53 Å². The van der Waals surface area contributed by atoms with Crippen LogP contribution >= 0.6 is 24.0 Å². The molecule has 2 aliphatic heterocycles. The Morgan fingerprint density at radius 1 is 1.39 bits per heavy atom. The maximum atomic E-state index is 12.3. The Morgan fingerprint density at radius 3 is 2.48 bits per heavy atom. The van der Waals surface area contributed by atoms with Crippen molar-refractivity contribution in [3.8, 4) is 0 Å². The molecule has 2 rings (SSSR count). The van der Waals surface area contributed by atoms with Gasteiger partial charge in [-0.3, -0.25) is 9.69 Å². The predicted octanol–water partition coefficient (Wildman–Crippen LogP) is 1.79. The molecule has 2 saturated heterocycles. The zero-order chi connectivity index (χ0) is 17.2. The molecule has 0 saturated carbocycles. The normalized spacial score (nSPS) is 21.3. The van der Waals surface area contributed by atoms with E-state index in [0.717, 1.165) is 17.2 Å². The van der Waals surface area contributed by atoms with Crippen LogP contribution in [0.25, 0.3) is 0 Å². The third-order valence-electron chi connectivity index (χ3n) is 4.26. The summed E-state index contributed by atoms with van der Waals surface area (Å²) in [7, 11) is 3.75. The number of rotatable bonds is 3. The van der Waals surface area contributed by atoms with E-state index in [1.54, 1.807) is 0 Å². The van der Waals surface area contributed by atoms with Crippen LogP contribution in [0.5, 0.6) is 0 Å². The molecule has 2 aliphatic rings.